The molecule has 0 aromatic carbocycles. The number of H-pyrrole nitrogens is 1. The van der Waals surface area contributed by atoms with E-state index >= 15 is 0 Å². The van der Waals surface area contributed by atoms with E-state index in [1.165, 1.54) is 6.33 Å². The van der Waals surface area contributed by atoms with Crippen LogP contribution in [-0.2, 0) is 4.57 Å². The van der Waals surface area contributed by atoms with Gasteiger partial charge in [-0.05, 0) is 0 Å². The van der Waals surface area contributed by atoms with Crippen LogP contribution in [0.15, 0.2) is 6.33 Å². The third kappa shape index (κ3) is 1.59. The fourth-order valence-corrected chi connectivity index (χ4v) is 3.11. The van der Waals surface area contributed by atoms with E-state index in [1.807, 2.05) is 13.8 Å². The van der Waals surface area contributed by atoms with Crippen LogP contribution in [0.25, 0.3) is 11.2 Å². The van der Waals surface area contributed by atoms with Gasteiger partial charge in [-0.2, -0.15) is 0 Å². The minimum Gasteiger partial charge on any atom is -0.382 e. The number of nitrogens with one attached hydrogen (secondary N) is 1. The van der Waals surface area contributed by atoms with E-state index in [0.29, 0.717) is 34.9 Å². The Morgan fingerprint density at radius 3 is 2.69 bits per heavy atom. The molecule has 0 spiro atoms. The van der Waals surface area contributed by atoms with Crippen molar-refractivity contribution >= 4 is 29.7 Å². The van der Waals surface area contributed by atoms with Crippen LogP contribution in [0.4, 0.5) is 5.82 Å². The predicted octanol–water partition coefficient (Wildman–Crippen LogP) is 0.963. The van der Waals surface area contributed by atoms with Crippen LogP contribution in [0.1, 0.15) is 13.8 Å². The molecule has 0 aliphatic heterocycles. The summed E-state index contributed by atoms with van der Waals surface area (Å²) in [5.41, 5.74) is 7.18. The summed E-state index contributed by atoms with van der Waals surface area (Å²) in [6.07, 6.45) is 2.58. The molecule has 0 bridgehead atoms. The van der Waals surface area contributed by atoms with Gasteiger partial charge in [0.25, 0.3) is 0 Å². The van der Waals surface area contributed by atoms with Gasteiger partial charge in [0.15, 0.2) is 24.2 Å². The monoisotopic (exact) mass is 239 g/mol. The molecule has 2 rings (SSSR count). The first kappa shape index (κ1) is 11.1. The van der Waals surface area contributed by atoms with Gasteiger partial charge < -0.3 is 15.3 Å². The van der Waals surface area contributed by atoms with Gasteiger partial charge in [0, 0.05) is 12.3 Å². The maximum Gasteiger partial charge on any atom is 0.193 e. The number of hydrogen-bond donors (Lipinski definition) is 2. The summed E-state index contributed by atoms with van der Waals surface area (Å²) in [4.78, 5) is 15.2. The number of imidazole rings is 1. The molecule has 2 heterocycles. The molecule has 0 amide bonds. The number of nitrogens with zero attached hydrogens (tertiary/aromatic N) is 3. The molecule has 0 fully saturated rings. The summed E-state index contributed by atoms with van der Waals surface area (Å²) in [5, 5.41) is 0. The zero-order valence-electron chi connectivity index (χ0n) is 9.27. The Balaban J connectivity index is 2.66. The van der Waals surface area contributed by atoms with Crippen molar-refractivity contribution in [1.29, 1.82) is 0 Å². The smallest absolute Gasteiger partial charge is 0.193 e. The molecule has 3 N–H and O–H groups in total. The number of nitrogens with two attached hydrogens (primary N) is 1. The topological polar surface area (TPSA) is 97.6 Å². The van der Waals surface area contributed by atoms with Crippen molar-refractivity contribution in [3.05, 3.63) is 6.33 Å². The lowest BCUT2D eigenvalue weighted by molar-refractivity contribution is 0.581. The maximum absolute atomic E-state index is 12.5. The first-order chi connectivity index (χ1) is 7.60. The SMILES string of the molecule is CCP(=O)(CC)c1nc(N)c2[nH]cnc2n1. The summed E-state index contributed by atoms with van der Waals surface area (Å²) in [6.45, 7) is 3.75. The minimum absolute atomic E-state index is 0.305. The third-order valence-electron chi connectivity index (χ3n) is 2.69. The Morgan fingerprint density at radius 2 is 2.06 bits per heavy atom. The van der Waals surface area contributed by atoms with Gasteiger partial charge in [0.2, 0.25) is 0 Å². The first-order valence-corrected chi connectivity index (χ1v) is 7.23. The van der Waals surface area contributed by atoms with Crippen LogP contribution >= 0.6 is 7.14 Å². The third-order valence-corrected chi connectivity index (χ3v) is 5.66. The van der Waals surface area contributed by atoms with Gasteiger partial charge in [-0.25, -0.2) is 15.0 Å². The lowest BCUT2D eigenvalue weighted by Gasteiger charge is -2.12. The normalized spacial score (nSPS) is 12.1. The Kier molecular flexibility index (Phi) is 2.68. The molecule has 0 saturated heterocycles. The molecule has 6 nitrogen and oxygen atoms in total. The highest BCUT2D eigenvalue weighted by Gasteiger charge is 2.25. The van der Waals surface area contributed by atoms with E-state index in [9.17, 15) is 4.57 Å². The summed E-state index contributed by atoms with van der Waals surface area (Å²) < 4.78 is 12.5. The van der Waals surface area contributed by atoms with Gasteiger partial charge in [0.1, 0.15) is 5.52 Å². The molecule has 0 aliphatic rings. The fraction of sp³-hybridized carbons (Fsp3) is 0.444. The predicted molar refractivity (Wildman–Crippen MR) is 64.4 cm³/mol. The zero-order chi connectivity index (χ0) is 11.8. The lowest BCUT2D eigenvalue weighted by Crippen LogP contribution is -2.19. The molecule has 16 heavy (non-hydrogen) atoms. The van der Waals surface area contributed by atoms with Crippen molar-refractivity contribution in [3.8, 4) is 0 Å². The Hall–Kier alpha value is -1.42. The van der Waals surface area contributed by atoms with Crippen LogP contribution in [0.5, 0.6) is 0 Å². The zero-order valence-corrected chi connectivity index (χ0v) is 10.2. The molecular formula is C9H14N5OP. The number of aromatic nitrogens is 4. The highest BCUT2D eigenvalue weighted by molar-refractivity contribution is 7.71. The summed E-state index contributed by atoms with van der Waals surface area (Å²) >= 11 is 0. The number of fused-ring (bicyclic) bond motifs is 1. The van der Waals surface area contributed by atoms with Gasteiger partial charge in [-0.15, -0.1) is 0 Å². The molecule has 0 radical (unpaired) electrons. The van der Waals surface area contributed by atoms with Crippen LogP contribution in [0, 0.1) is 0 Å². The summed E-state index contributed by atoms with van der Waals surface area (Å²) in [7, 11) is -2.50. The number of anilines is 1. The van der Waals surface area contributed by atoms with Gasteiger partial charge in [-0.1, -0.05) is 13.8 Å². The average molecular weight is 239 g/mol. The van der Waals surface area contributed by atoms with E-state index in [-0.39, 0.29) is 0 Å². The number of hydrogen-bond acceptors (Lipinski definition) is 5. The molecule has 0 aliphatic carbocycles. The highest BCUT2D eigenvalue weighted by atomic mass is 31.2. The number of aromatic amines is 1. The number of nitrogen functional groups attached to an aromatic ring is 1. The van der Waals surface area contributed by atoms with Crippen molar-refractivity contribution in [3.63, 3.8) is 0 Å². The van der Waals surface area contributed by atoms with E-state index in [1.54, 1.807) is 0 Å². The molecule has 7 heteroatoms. The second-order valence-electron chi connectivity index (χ2n) is 3.53. The van der Waals surface area contributed by atoms with Crippen LogP contribution in [0.2, 0.25) is 0 Å². The van der Waals surface area contributed by atoms with Crippen molar-refractivity contribution in [2.24, 2.45) is 0 Å². The number of rotatable bonds is 3. The van der Waals surface area contributed by atoms with E-state index in [4.69, 9.17) is 5.73 Å². The van der Waals surface area contributed by atoms with Crippen LogP contribution in [-0.4, -0.2) is 32.3 Å². The fourth-order valence-electron chi connectivity index (χ4n) is 1.53. The molecular weight excluding hydrogens is 225 g/mol. The first-order valence-electron chi connectivity index (χ1n) is 5.16. The van der Waals surface area contributed by atoms with Crippen molar-refractivity contribution in [2.75, 3.05) is 18.1 Å². The second-order valence-corrected chi connectivity index (χ2v) is 6.98. The molecule has 86 valence electrons. The van der Waals surface area contributed by atoms with Gasteiger partial charge >= 0.3 is 0 Å². The minimum atomic E-state index is -2.50. The van der Waals surface area contributed by atoms with Crippen molar-refractivity contribution in [2.45, 2.75) is 13.8 Å². The standard InChI is InChI=1S/C9H14N5OP/c1-3-16(15,4-2)9-13-7(10)6-8(14-9)12-5-11-6/h5H,3-4H2,1-2H3,(H3,10,11,12,13,14). The summed E-state index contributed by atoms with van der Waals surface area (Å²) in [5.74, 6) is 0.305. The maximum atomic E-state index is 12.5. The lowest BCUT2D eigenvalue weighted by atomic mass is 10.5. The van der Waals surface area contributed by atoms with Gasteiger partial charge in [0.05, 0.1) is 6.33 Å². The van der Waals surface area contributed by atoms with Crippen LogP contribution < -0.4 is 11.3 Å². The molecule has 2 aromatic heterocycles. The van der Waals surface area contributed by atoms with Crippen LogP contribution in [0.3, 0.4) is 0 Å². The second kappa shape index (κ2) is 3.87. The largest absolute Gasteiger partial charge is 0.382 e. The Bertz CT molecular complexity index is 556. The molecule has 0 saturated carbocycles. The average Bonchev–Trinajstić information content (AvgIpc) is 2.76. The Morgan fingerprint density at radius 1 is 1.38 bits per heavy atom. The Labute approximate surface area is 93.1 Å². The van der Waals surface area contributed by atoms with E-state index < -0.39 is 7.14 Å². The highest BCUT2D eigenvalue weighted by Crippen LogP contribution is 2.42. The van der Waals surface area contributed by atoms with E-state index in [0.717, 1.165) is 0 Å². The van der Waals surface area contributed by atoms with Crippen molar-refractivity contribution in [1.82, 2.24) is 19.9 Å². The summed E-state index contributed by atoms with van der Waals surface area (Å²) in [6, 6.07) is 0. The van der Waals surface area contributed by atoms with E-state index in [2.05, 4.69) is 19.9 Å². The van der Waals surface area contributed by atoms with Crippen molar-refractivity contribution < 1.29 is 4.57 Å². The van der Waals surface area contributed by atoms with Gasteiger partial charge in [-0.3, -0.25) is 0 Å². The molecule has 0 unspecified atom stereocenters. The molecule has 2 aromatic rings. The quantitative estimate of drug-likeness (QED) is 0.777. The molecule has 0 atom stereocenters.